The largest absolute Gasteiger partial charge is 0.452 e. The topological polar surface area (TPSA) is 108 Å². The number of carbonyl (C=O) groups is 4. The van der Waals surface area contributed by atoms with Gasteiger partial charge in [-0.2, -0.15) is 0 Å². The lowest BCUT2D eigenvalue weighted by Crippen LogP contribution is -2.43. The smallest absolute Gasteiger partial charge is 0.304 e. The van der Waals surface area contributed by atoms with E-state index in [0.717, 1.165) is 19.4 Å². The average molecular weight is 393 g/mol. The van der Waals surface area contributed by atoms with Gasteiger partial charge in [0.1, 0.15) is 0 Å². The third-order valence-corrected chi connectivity index (χ3v) is 3.88. The Balaban J connectivity index is 2.09. The monoisotopic (exact) mass is 393 g/mol. The van der Waals surface area contributed by atoms with Crippen LogP contribution in [0.25, 0.3) is 0 Å². The summed E-state index contributed by atoms with van der Waals surface area (Å²) < 4.78 is 20.9. The highest BCUT2D eigenvalue weighted by Crippen LogP contribution is 2.27. The van der Waals surface area contributed by atoms with Gasteiger partial charge in [0.05, 0.1) is 13.2 Å². The molecule has 1 aromatic carbocycles. The van der Waals surface area contributed by atoms with Gasteiger partial charge < -0.3 is 18.9 Å². The fourth-order valence-electron chi connectivity index (χ4n) is 2.83. The predicted octanol–water partition coefficient (Wildman–Crippen LogP) is 0.798. The lowest BCUT2D eigenvalue weighted by Gasteiger charge is -2.26. The van der Waals surface area contributed by atoms with Crippen LogP contribution in [-0.2, 0) is 44.7 Å². The highest BCUT2D eigenvalue weighted by Gasteiger charge is 2.54. The molecule has 0 bridgehead atoms. The number of hydrogen-bond donors (Lipinski definition) is 0. The summed E-state index contributed by atoms with van der Waals surface area (Å²) in [5.41, 5.74) is 0.961. The number of nitrogens with zero attached hydrogens (tertiary/aromatic N) is 1. The van der Waals surface area contributed by atoms with Crippen LogP contribution in [0, 0.1) is 0 Å². The Morgan fingerprint density at radius 2 is 1.54 bits per heavy atom. The van der Waals surface area contributed by atoms with Crippen LogP contribution in [-0.4, -0.2) is 60.3 Å². The molecule has 1 aliphatic rings. The summed E-state index contributed by atoms with van der Waals surface area (Å²) in [4.78, 5) is 48.2. The lowest BCUT2D eigenvalue weighted by molar-refractivity contribution is -0.180. The molecule has 9 nitrogen and oxygen atoms in total. The van der Waals surface area contributed by atoms with Crippen molar-refractivity contribution in [3.63, 3.8) is 0 Å². The molecule has 2 rings (SSSR count). The summed E-state index contributed by atoms with van der Waals surface area (Å²) in [5, 5.41) is 0. The van der Waals surface area contributed by atoms with Crippen LogP contribution in [0.3, 0.4) is 0 Å². The molecule has 28 heavy (non-hydrogen) atoms. The van der Waals surface area contributed by atoms with Crippen molar-refractivity contribution in [1.82, 2.24) is 4.90 Å². The van der Waals surface area contributed by atoms with Gasteiger partial charge in [-0.15, -0.1) is 0 Å². The third kappa shape index (κ3) is 5.78. The molecule has 0 N–H and O–H groups in total. The average Bonchev–Trinajstić information content (AvgIpc) is 2.83. The van der Waals surface area contributed by atoms with Crippen LogP contribution in [0.4, 0.5) is 0 Å². The van der Waals surface area contributed by atoms with E-state index in [1.54, 1.807) is 0 Å². The minimum atomic E-state index is -1.39. The first-order valence-electron chi connectivity index (χ1n) is 8.73. The molecule has 1 amide bonds. The molecule has 0 aliphatic carbocycles. The van der Waals surface area contributed by atoms with E-state index < -0.39 is 42.3 Å². The second-order valence-corrected chi connectivity index (χ2v) is 6.17. The molecule has 3 atom stereocenters. The van der Waals surface area contributed by atoms with Crippen LogP contribution >= 0.6 is 0 Å². The summed E-state index contributed by atoms with van der Waals surface area (Å²) in [6, 6.07) is 9.45. The molecule has 1 unspecified atom stereocenters. The molecule has 1 saturated heterocycles. The van der Waals surface area contributed by atoms with Crippen LogP contribution in [0.1, 0.15) is 26.3 Å². The number of amides is 1. The van der Waals surface area contributed by atoms with Crippen molar-refractivity contribution in [3.05, 3.63) is 35.9 Å². The van der Waals surface area contributed by atoms with E-state index in [2.05, 4.69) is 0 Å². The second-order valence-electron chi connectivity index (χ2n) is 6.17. The number of hydrogen-bond acceptors (Lipinski definition) is 8. The lowest BCUT2D eigenvalue weighted by atomic mass is 10.2. The standard InChI is InChI=1S/C19H23NO8/c1-12(21)26-16-17(27-13(2)22)19(28-14(3)23)20(18(16)24)9-10-25-11-15-7-5-4-6-8-15/h4-8,16-17,19H,9-11H2,1-3H3/t16-,17-,19?/m1/s1. The van der Waals surface area contributed by atoms with Gasteiger partial charge in [0.15, 0.2) is 0 Å². The Morgan fingerprint density at radius 3 is 2.11 bits per heavy atom. The summed E-state index contributed by atoms with van der Waals surface area (Å²) in [5.74, 6) is -2.72. The zero-order chi connectivity index (χ0) is 20.7. The van der Waals surface area contributed by atoms with Crippen molar-refractivity contribution < 1.29 is 38.1 Å². The predicted molar refractivity (Wildman–Crippen MR) is 94.5 cm³/mol. The van der Waals surface area contributed by atoms with Crippen molar-refractivity contribution in [1.29, 1.82) is 0 Å². The van der Waals surface area contributed by atoms with Gasteiger partial charge in [-0.25, -0.2) is 0 Å². The number of ether oxygens (including phenoxy) is 4. The van der Waals surface area contributed by atoms with Gasteiger partial charge >= 0.3 is 17.9 Å². The molecule has 1 fully saturated rings. The fraction of sp³-hybridized carbons (Fsp3) is 0.474. The molecule has 0 aromatic heterocycles. The molecular weight excluding hydrogens is 370 g/mol. The van der Waals surface area contributed by atoms with Crippen molar-refractivity contribution in [3.8, 4) is 0 Å². The number of benzene rings is 1. The quantitative estimate of drug-likeness (QED) is 0.362. The maximum absolute atomic E-state index is 12.7. The highest BCUT2D eigenvalue weighted by atomic mass is 16.6. The van der Waals surface area contributed by atoms with Gasteiger partial charge in [0, 0.05) is 27.3 Å². The number of esters is 3. The highest BCUT2D eigenvalue weighted by molar-refractivity contribution is 5.87. The van der Waals surface area contributed by atoms with E-state index in [-0.39, 0.29) is 13.2 Å². The van der Waals surface area contributed by atoms with Gasteiger partial charge in [-0.3, -0.25) is 24.1 Å². The Morgan fingerprint density at radius 1 is 0.929 bits per heavy atom. The normalized spacial score (nSPS) is 21.3. The minimum absolute atomic E-state index is 0.0547. The first-order chi connectivity index (χ1) is 13.3. The van der Waals surface area contributed by atoms with Gasteiger partial charge in [-0.05, 0) is 5.56 Å². The van der Waals surface area contributed by atoms with Gasteiger partial charge in [-0.1, -0.05) is 30.3 Å². The second kappa shape index (κ2) is 9.84. The zero-order valence-electron chi connectivity index (χ0n) is 16.0. The van der Waals surface area contributed by atoms with Crippen molar-refractivity contribution >= 4 is 23.8 Å². The Labute approximate surface area is 162 Å². The van der Waals surface area contributed by atoms with Gasteiger partial charge in [0.25, 0.3) is 5.91 Å². The van der Waals surface area contributed by atoms with E-state index in [9.17, 15) is 19.2 Å². The molecule has 0 radical (unpaired) electrons. The van der Waals surface area contributed by atoms with Crippen molar-refractivity contribution in [2.24, 2.45) is 0 Å². The maximum atomic E-state index is 12.7. The van der Waals surface area contributed by atoms with E-state index >= 15 is 0 Å². The van der Waals surface area contributed by atoms with E-state index in [1.807, 2.05) is 30.3 Å². The molecule has 0 spiro atoms. The Hall–Kier alpha value is -2.94. The van der Waals surface area contributed by atoms with Gasteiger partial charge in [0.2, 0.25) is 18.4 Å². The molecule has 1 aliphatic heterocycles. The summed E-state index contributed by atoms with van der Waals surface area (Å²) in [7, 11) is 0. The summed E-state index contributed by atoms with van der Waals surface area (Å²) >= 11 is 0. The summed E-state index contributed by atoms with van der Waals surface area (Å²) in [6.07, 6.45) is -3.86. The molecule has 1 heterocycles. The fourth-order valence-corrected chi connectivity index (χ4v) is 2.83. The number of carbonyl (C=O) groups excluding carboxylic acids is 4. The molecule has 0 saturated carbocycles. The maximum Gasteiger partial charge on any atom is 0.304 e. The first-order valence-corrected chi connectivity index (χ1v) is 8.73. The third-order valence-electron chi connectivity index (χ3n) is 3.88. The molecule has 9 heteroatoms. The van der Waals surface area contributed by atoms with Crippen LogP contribution < -0.4 is 0 Å². The van der Waals surface area contributed by atoms with Crippen LogP contribution in [0.5, 0.6) is 0 Å². The Bertz CT molecular complexity index is 720. The number of rotatable bonds is 8. The van der Waals surface area contributed by atoms with E-state index in [0.29, 0.717) is 6.61 Å². The van der Waals surface area contributed by atoms with Crippen LogP contribution in [0.15, 0.2) is 30.3 Å². The van der Waals surface area contributed by atoms with Crippen LogP contribution in [0.2, 0.25) is 0 Å². The molecular formula is C19H23NO8. The Kier molecular flexibility index (Phi) is 7.51. The molecule has 152 valence electrons. The summed E-state index contributed by atoms with van der Waals surface area (Å²) in [6.45, 7) is 3.97. The van der Waals surface area contributed by atoms with Crippen molar-refractivity contribution in [2.75, 3.05) is 13.2 Å². The zero-order valence-corrected chi connectivity index (χ0v) is 16.0. The number of likely N-dealkylation sites (tertiary alicyclic amines) is 1. The first kappa shape index (κ1) is 21.4. The van der Waals surface area contributed by atoms with E-state index in [1.165, 1.54) is 11.8 Å². The molecule has 1 aromatic rings. The minimum Gasteiger partial charge on any atom is -0.452 e. The van der Waals surface area contributed by atoms with Crippen molar-refractivity contribution in [2.45, 2.75) is 45.8 Å². The SMILES string of the molecule is CC(=O)OC1[C@H](OC(C)=O)[C@@H](OC(C)=O)C(=O)N1CCOCc1ccccc1. The van der Waals surface area contributed by atoms with E-state index in [4.69, 9.17) is 18.9 Å².